The minimum absolute atomic E-state index is 0.381. The number of aliphatic hydroxyl groups excluding tert-OH is 3. The number of amides is 1. The molecule has 0 rings (SSSR count). The highest BCUT2D eigenvalue weighted by Gasteiger charge is 2.22. The quantitative estimate of drug-likeness (QED) is 0.0361. The highest BCUT2D eigenvalue weighted by Crippen LogP contribution is 2.18. The Morgan fingerprint density at radius 1 is 0.329 bits per heavy atom. The van der Waals surface area contributed by atoms with Gasteiger partial charge in [0.15, 0.2) is 0 Å². The summed E-state index contributed by atoms with van der Waals surface area (Å²) in [6.45, 7) is 4.21. The zero-order valence-corrected chi connectivity index (χ0v) is 51.1. The second-order valence-electron chi connectivity index (χ2n) is 23.4. The van der Waals surface area contributed by atoms with Gasteiger partial charge in [-0.2, -0.15) is 0 Å². The van der Waals surface area contributed by atoms with E-state index in [-0.39, 0.29) is 6.61 Å². The number of aliphatic hydroxyl groups is 3. The Morgan fingerprint density at radius 2 is 0.579 bits per heavy atom. The van der Waals surface area contributed by atoms with E-state index >= 15 is 0 Å². The summed E-state index contributed by atoms with van der Waals surface area (Å²) in [7, 11) is 0. The van der Waals surface area contributed by atoms with Crippen LogP contribution in [0, 0.1) is 0 Å². The van der Waals surface area contributed by atoms with Gasteiger partial charge in [-0.05, 0) is 77.0 Å². The average Bonchev–Trinajstić information content (AvgIpc) is 3.42. The molecule has 446 valence electrons. The Kier molecular flexibility index (Phi) is 63.9. The molecule has 0 aliphatic heterocycles. The van der Waals surface area contributed by atoms with Gasteiger partial charge >= 0.3 is 0 Å². The van der Waals surface area contributed by atoms with Crippen molar-refractivity contribution < 1.29 is 20.1 Å². The van der Waals surface area contributed by atoms with Gasteiger partial charge in [-0.3, -0.25) is 4.79 Å². The van der Waals surface area contributed by atoms with Crippen molar-refractivity contribution in [2.45, 2.75) is 379 Å². The van der Waals surface area contributed by atoms with Crippen LogP contribution in [0.2, 0.25) is 0 Å². The molecule has 4 N–H and O–H groups in total. The van der Waals surface area contributed by atoms with Crippen LogP contribution in [-0.4, -0.2) is 46.1 Å². The molecule has 0 fully saturated rings. The SMILES string of the molecule is CCCCCCCCCCCCCCCC/C=C/CC/C=C/CC/C=C/C(O)C(CO)NC(=O)C(O)CCCCCCCCCCCCCCCCCC/C=C\C/C=C\CCCCCCCCCCCCCCCCC. The van der Waals surface area contributed by atoms with E-state index in [2.05, 4.69) is 67.8 Å². The first-order valence-corrected chi connectivity index (χ1v) is 34.1. The van der Waals surface area contributed by atoms with Gasteiger partial charge < -0.3 is 20.6 Å². The molecule has 0 aliphatic carbocycles. The van der Waals surface area contributed by atoms with Gasteiger partial charge in [-0.15, -0.1) is 0 Å². The number of carbonyl (C=O) groups excluding carboxylic acids is 1. The van der Waals surface area contributed by atoms with Gasteiger partial charge in [-0.1, -0.05) is 344 Å². The van der Waals surface area contributed by atoms with E-state index in [4.69, 9.17) is 0 Å². The number of hydrogen-bond acceptors (Lipinski definition) is 4. The van der Waals surface area contributed by atoms with Crippen LogP contribution in [0.25, 0.3) is 0 Å². The lowest BCUT2D eigenvalue weighted by atomic mass is 10.0. The number of unbranched alkanes of at least 4 members (excludes halogenated alkanes) is 47. The first kappa shape index (κ1) is 74.0. The highest BCUT2D eigenvalue weighted by molar-refractivity contribution is 5.80. The molecule has 0 aromatic carbocycles. The third-order valence-electron chi connectivity index (χ3n) is 15.8. The molecule has 0 saturated heterocycles. The van der Waals surface area contributed by atoms with Crippen LogP contribution in [0.4, 0.5) is 0 Å². The Morgan fingerprint density at radius 3 is 0.882 bits per heavy atom. The van der Waals surface area contributed by atoms with E-state index in [0.717, 1.165) is 51.4 Å². The Labute approximate surface area is 475 Å². The molecule has 0 saturated carbocycles. The average molecular weight is 1060 g/mol. The number of allylic oxidation sites excluding steroid dienone is 9. The largest absolute Gasteiger partial charge is 0.394 e. The lowest BCUT2D eigenvalue weighted by Gasteiger charge is -2.21. The van der Waals surface area contributed by atoms with Crippen LogP contribution in [0.5, 0.6) is 0 Å². The van der Waals surface area contributed by atoms with Gasteiger partial charge in [0.25, 0.3) is 0 Å². The number of nitrogens with one attached hydrogen (secondary N) is 1. The summed E-state index contributed by atoms with van der Waals surface area (Å²) < 4.78 is 0. The number of hydrogen-bond donors (Lipinski definition) is 4. The van der Waals surface area contributed by atoms with Crippen LogP contribution < -0.4 is 5.32 Å². The lowest BCUT2D eigenvalue weighted by molar-refractivity contribution is -0.131. The first-order chi connectivity index (χ1) is 37.6. The maximum atomic E-state index is 12.6. The fraction of sp³-hybridized carbons (Fsp3) is 0.845. The van der Waals surface area contributed by atoms with Crippen molar-refractivity contribution in [3.05, 3.63) is 60.8 Å². The summed E-state index contributed by atoms with van der Waals surface area (Å²) in [6, 6.07) is -0.825. The molecule has 1 amide bonds. The van der Waals surface area contributed by atoms with E-state index < -0.39 is 24.2 Å². The van der Waals surface area contributed by atoms with Gasteiger partial charge in [-0.25, -0.2) is 0 Å². The minimum atomic E-state index is -1.11. The number of carbonyl (C=O) groups is 1. The summed E-state index contributed by atoms with van der Waals surface area (Å²) in [5, 5.41) is 33.5. The van der Waals surface area contributed by atoms with Crippen molar-refractivity contribution in [2.24, 2.45) is 0 Å². The Bertz CT molecular complexity index is 1270. The maximum absolute atomic E-state index is 12.6. The molecule has 0 aromatic heterocycles. The van der Waals surface area contributed by atoms with E-state index in [1.54, 1.807) is 6.08 Å². The van der Waals surface area contributed by atoms with Crippen molar-refractivity contribution in [1.29, 1.82) is 0 Å². The summed E-state index contributed by atoms with van der Waals surface area (Å²) in [6.07, 6.45) is 90.7. The second-order valence-corrected chi connectivity index (χ2v) is 23.4. The van der Waals surface area contributed by atoms with Crippen molar-refractivity contribution in [3.63, 3.8) is 0 Å². The molecular formula is C71H133NO4. The van der Waals surface area contributed by atoms with Crippen molar-refractivity contribution in [2.75, 3.05) is 6.61 Å². The van der Waals surface area contributed by atoms with Crippen molar-refractivity contribution >= 4 is 5.91 Å². The van der Waals surface area contributed by atoms with Crippen LogP contribution in [0.15, 0.2) is 60.8 Å². The summed E-state index contributed by atoms with van der Waals surface area (Å²) in [5.41, 5.74) is 0. The van der Waals surface area contributed by atoms with Crippen LogP contribution in [0.3, 0.4) is 0 Å². The Balaban J connectivity index is 3.55. The molecule has 5 nitrogen and oxygen atoms in total. The van der Waals surface area contributed by atoms with E-state index in [1.165, 1.54) is 289 Å². The standard InChI is InChI=1S/C71H133NO4/c1-3-5-7-9-11-13-15-17-19-21-23-25-27-29-30-31-32-33-34-35-36-37-38-39-40-41-42-44-46-48-50-52-54-56-58-60-62-64-66-70(75)71(76)72-68(67-73)69(74)65-63-61-59-57-55-53-51-49-47-45-43-28-26-24-22-20-18-16-14-12-10-8-6-4-2/h32-33,35-36,47,49,55,57,63,65,68-70,73-75H,3-31,34,37-46,48,50-54,56,58-62,64,66-67H2,1-2H3,(H,72,76)/b33-32-,36-35-,49-47+,57-55+,65-63+. The maximum Gasteiger partial charge on any atom is 0.249 e. The van der Waals surface area contributed by atoms with E-state index in [0.29, 0.717) is 6.42 Å². The molecule has 3 atom stereocenters. The third-order valence-corrected chi connectivity index (χ3v) is 15.8. The smallest absolute Gasteiger partial charge is 0.249 e. The molecular weight excluding hydrogens is 931 g/mol. The normalized spacial score (nSPS) is 13.5. The molecule has 0 bridgehead atoms. The third kappa shape index (κ3) is 59.7. The number of rotatable bonds is 63. The fourth-order valence-electron chi connectivity index (χ4n) is 10.5. The zero-order chi connectivity index (χ0) is 55.0. The first-order valence-electron chi connectivity index (χ1n) is 34.1. The van der Waals surface area contributed by atoms with Crippen LogP contribution >= 0.6 is 0 Å². The van der Waals surface area contributed by atoms with E-state index in [1.807, 2.05) is 6.08 Å². The summed E-state index contributed by atoms with van der Waals surface area (Å²) in [4.78, 5) is 12.6. The van der Waals surface area contributed by atoms with Gasteiger partial charge in [0.2, 0.25) is 5.91 Å². The molecule has 0 heterocycles. The van der Waals surface area contributed by atoms with Crippen LogP contribution in [-0.2, 0) is 4.79 Å². The topological polar surface area (TPSA) is 89.8 Å². The molecule has 0 aromatic rings. The molecule has 0 radical (unpaired) electrons. The predicted molar refractivity (Wildman–Crippen MR) is 337 cm³/mol. The summed E-state index contributed by atoms with van der Waals surface area (Å²) >= 11 is 0. The molecule has 5 heteroatoms. The summed E-state index contributed by atoms with van der Waals surface area (Å²) in [5.74, 6) is -0.513. The van der Waals surface area contributed by atoms with Gasteiger partial charge in [0.05, 0.1) is 18.8 Å². The molecule has 0 aliphatic rings. The zero-order valence-electron chi connectivity index (χ0n) is 51.1. The highest BCUT2D eigenvalue weighted by atomic mass is 16.3. The molecule has 0 spiro atoms. The molecule has 3 unspecified atom stereocenters. The Hall–Kier alpha value is -1.95. The van der Waals surface area contributed by atoms with Gasteiger partial charge in [0.1, 0.15) is 6.10 Å². The fourth-order valence-corrected chi connectivity index (χ4v) is 10.5. The second kappa shape index (κ2) is 65.6. The minimum Gasteiger partial charge on any atom is -0.394 e. The predicted octanol–water partition coefficient (Wildman–Crippen LogP) is 22.1. The molecule has 76 heavy (non-hydrogen) atoms. The lowest BCUT2D eigenvalue weighted by Crippen LogP contribution is -2.48. The van der Waals surface area contributed by atoms with Crippen LogP contribution in [0.1, 0.15) is 361 Å². The van der Waals surface area contributed by atoms with Crippen molar-refractivity contribution in [1.82, 2.24) is 5.32 Å². The monoisotopic (exact) mass is 1060 g/mol. The van der Waals surface area contributed by atoms with Gasteiger partial charge in [0, 0.05) is 0 Å². The van der Waals surface area contributed by atoms with Crippen molar-refractivity contribution in [3.8, 4) is 0 Å². The van der Waals surface area contributed by atoms with E-state index in [9.17, 15) is 20.1 Å².